The van der Waals surface area contributed by atoms with Gasteiger partial charge in [-0.15, -0.1) is 0 Å². The van der Waals surface area contributed by atoms with Crippen LogP contribution in [0.1, 0.15) is 35.8 Å². The van der Waals surface area contributed by atoms with E-state index < -0.39 is 0 Å². The van der Waals surface area contributed by atoms with Gasteiger partial charge in [0.1, 0.15) is 0 Å². The summed E-state index contributed by atoms with van der Waals surface area (Å²) in [6, 6.07) is 4.01. The van der Waals surface area contributed by atoms with Gasteiger partial charge in [-0.1, -0.05) is 0 Å². The van der Waals surface area contributed by atoms with E-state index in [1.807, 2.05) is 31.0 Å². The summed E-state index contributed by atoms with van der Waals surface area (Å²) < 4.78 is 1.80. The number of hydrogen-bond acceptors (Lipinski definition) is 3. The van der Waals surface area contributed by atoms with Crippen molar-refractivity contribution in [1.29, 1.82) is 0 Å². The molecule has 2 aromatic rings. The van der Waals surface area contributed by atoms with Gasteiger partial charge in [0.05, 0.1) is 12.1 Å². The zero-order valence-corrected chi connectivity index (χ0v) is 12.5. The number of amides is 1. The number of nitrogens with zero attached hydrogens (tertiary/aromatic N) is 4. The summed E-state index contributed by atoms with van der Waals surface area (Å²) in [5.41, 5.74) is 3.12. The van der Waals surface area contributed by atoms with Crippen LogP contribution in [0.4, 0.5) is 0 Å². The number of rotatable bonds is 3. The van der Waals surface area contributed by atoms with E-state index >= 15 is 0 Å². The molecule has 0 radical (unpaired) electrons. The molecule has 0 aliphatic carbocycles. The van der Waals surface area contributed by atoms with E-state index in [2.05, 4.69) is 15.3 Å². The first kappa shape index (κ1) is 13.9. The Labute approximate surface area is 124 Å². The van der Waals surface area contributed by atoms with Gasteiger partial charge in [-0.05, 0) is 31.9 Å². The molecule has 0 bridgehead atoms. The maximum atomic E-state index is 12.4. The van der Waals surface area contributed by atoms with Gasteiger partial charge < -0.3 is 4.90 Å². The van der Waals surface area contributed by atoms with Gasteiger partial charge in [-0.25, -0.2) is 0 Å². The minimum Gasteiger partial charge on any atom is -0.342 e. The fourth-order valence-corrected chi connectivity index (χ4v) is 3.03. The second kappa shape index (κ2) is 5.71. The van der Waals surface area contributed by atoms with Crippen LogP contribution >= 0.6 is 0 Å². The number of hydrogen-bond donors (Lipinski definition) is 1. The fraction of sp³-hybridized carbons (Fsp3) is 0.533. The van der Waals surface area contributed by atoms with Crippen LogP contribution in [-0.4, -0.2) is 43.9 Å². The van der Waals surface area contributed by atoms with Crippen molar-refractivity contribution in [2.75, 3.05) is 13.1 Å². The Morgan fingerprint density at radius 3 is 2.76 bits per heavy atom. The highest BCUT2D eigenvalue weighted by atomic mass is 16.2. The van der Waals surface area contributed by atoms with Gasteiger partial charge in [-0.3, -0.25) is 14.6 Å². The molecule has 112 valence electrons. The smallest absolute Gasteiger partial charge is 0.228 e. The summed E-state index contributed by atoms with van der Waals surface area (Å²) in [4.78, 5) is 14.4. The SMILES string of the molecule is Cc1cc(CC(=O)N2CCC(c3ccn[nH]3)CC2)n(C)n1. The summed E-state index contributed by atoms with van der Waals surface area (Å²) >= 11 is 0. The molecule has 0 spiro atoms. The van der Waals surface area contributed by atoms with E-state index in [-0.39, 0.29) is 5.91 Å². The molecule has 0 aromatic carbocycles. The highest BCUT2D eigenvalue weighted by Gasteiger charge is 2.25. The zero-order valence-electron chi connectivity index (χ0n) is 12.5. The topological polar surface area (TPSA) is 66.8 Å². The third kappa shape index (κ3) is 2.99. The van der Waals surface area contributed by atoms with Crippen LogP contribution in [0.15, 0.2) is 18.3 Å². The lowest BCUT2D eigenvalue weighted by atomic mass is 9.93. The normalized spacial score (nSPS) is 16.4. The van der Waals surface area contributed by atoms with Crippen LogP contribution in [0.25, 0.3) is 0 Å². The van der Waals surface area contributed by atoms with E-state index in [4.69, 9.17) is 0 Å². The second-order valence-corrected chi connectivity index (χ2v) is 5.74. The van der Waals surface area contributed by atoms with Crippen LogP contribution in [0.5, 0.6) is 0 Å². The Bertz CT molecular complexity index is 608. The molecule has 3 rings (SSSR count). The number of aromatic nitrogens is 4. The first-order valence-electron chi connectivity index (χ1n) is 7.40. The number of carbonyl (C=O) groups is 1. The molecule has 1 saturated heterocycles. The Morgan fingerprint density at radius 2 is 2.19 bits per heavy atom. The Morgan fingerprint density at radius 1 is 1.43 bits per heavy atom. The van der Waals surface area contributed by atoms with Gasteiger partial charge in [0.15, 0.2) is 0 Å². The van der Waals surface area contributed by atoms with Crippen molar-refractivity contribution in [2.45, 2.75) is 32.1 Å². The van der Waals surface area contributed by atoms with E-state index in [1.165, 1.54) is 5.69 Å². The molecule has 1 aliphatic rings. The summed E-state index contributed by atoms with van der Waals surface area (Å²) in [6.07, 6.45) is 4.22. The molecule has 2 aromatic heterocycles. The fourth-order valence-electron chi connectivity index (χ4n) is 3.03. The monoisotopic (exact) mass is 287 g/mol. The Hall–Kier alpha value is -2.11. The van der Waals surface area contributed by atoms with Crippen molar-refractivity contribution >= 4 is 5.91 Å². The number of carbonyl (C=O) groups excluding carboxylic acids is 1. The number of H-pyrrole nitrogens is 1. The van der Waals surface area contributed by atoms with E-state index in [0.29, 0.717) is 12.3 Å². The lowest BCUT2D eigenvalue weighted by Gasteiger charge is -2.31. The third-order valence-corrected chi connectivity index (χ3v) is 4.24. The standard InChI is InChI=1S/C15H21N5O/c1-11-9-13(19(2)18-11)10-15(21)20-7-4-12(5-8-20)14-3-6-16-17-14/h3,6,9,12H,4-5,7-8,10H2,1-2H3,(H,16,17). The molecule has 1 amide bonds. The van der Waals surface area contributed by atoms with Gasteiger partial charge in [0.25, 0.3) is 0 Å². The minimum atomic E-state index is 0.195. The molecule has 1 fully saturated rings. The van der Waals surface area contributed by atoms with Crippen LogP contribution in [-0.2, 0) is 18.3 Å². The van der Waals surface area contributed by atoms with Crippen molar-refractivity contribution in [3.63, 3.8) is 0 Å². The van der Waals surface area contributed by atoms with Crippen LogP contribution < -0.4 is 0 Å². The van der Waals surface area contributed by atoms with Crippen LogP contribution in [0.2, 0.25) is 0 Å². The molecule has 21 heavy (non-hydrogen) atoms. The van der Waals surface area contributed by atoms with Crippen LogP contribution in [0, 0.1) is 6.92 Å². The molecular weight excluding hydrogens is 266 g/mol. The summed E-state index contributed by atoms with van der Waals surface area (Å²) in [5.74, 6) is 0.691. The van der Waals surface area contributed by atoms with Crippen molar-refractivity contribution in [1.82, 2.24) is 24.9 Å². The molecule has 3 heterocycles. The number of piperidine rings is 1. The molecular formula is C15H21N5O. The van der Waals surface area contributed by atoms with E-state index in [1.54, 1.807) is 10.9 Å². The van der Waals surface area contributed by atoms with Gasteiger partial charge in [0.2, 0.25) is 5.91 Å². The third-order valence-electron chi connectivity index (χ3n) is 4.24. The summed E-state index contributed by atoms with van der Waals surface area (Å²) in [6.45, 7) is 3.59. The summed E-state index contributed by atoms with van der Waals surface area (Å²) in [7, 11) is 1.89. The maximum absolute atomic E-state index is 12.4. The molecule has 6 heteroatoms. The first-order chi connectivity index (χ1) is 10.1. The predicted octanol–water partition coefficient (Wildman–Crippen LogP) is 1.40. The zero-order chi connectivity index (χ0) is 14.8. The number of aryl methyl sites for hydroxylation is 2. The predicted molar refractivity (Wildman–Crippen MR) is 78.8 cm³/mol. The minimum absolute atomic E-state index is 0.195. The largest absolute Gasteiger partial charge is 0.342 e. The quantitative estimate of drug-likeness (QED) is 0.928. The van der Waals surface area contributed by atoms with Gasteiger partial charge >= 0.3 is 0 Å². The van der Waals surface area contributed by atoms with Crippen molar-refractivity contribution in [2.24, 2.45) is 7.05 Å². The molecule has 0 atom stereocenters. The Balaban J connectivity index is 1.56. The average Bonchev–Trinajstić information content (AvgIpc) is 3.10. The molecule has 1 aliphatic heterocycles. The van der Waals surface area contributed by atoms with Crippen molar-refractivity contribution < 1.29 is 4.79 Å². The Kier molecular flexibility index (Phi) is 3.77. The highest BCUT2D eigenvalue weighted by molar-refractivity contribution is 5.78. The van der Waals surface area contributed by atoms with Crippen LogP contribution in [0.3, 0.4) is 0 Å². The van der Waals surface area contributed by atoms with E-state index in [0.717, 1.165) is 37.3 Å². The first-order valence-corrected chi connectivity index (χ1v) is 7.40. The van der Waals surface area contributed by atoms with Crippen molar-refractivity contribution in [3.05, 3.63) is 35.4 Å². The van der Waals surface area contributed by atoms with E-state index in [9.17, 15) is 4.79 Å². The molecule has 1 N–H and O–H groups in total. The highest BCUT2D eigenvalue weighted by Crippen LogP contribution is 2.26. The molecule has 6 nitrogen and oxygen atoms in total. The summed E-state index contributed by atoms with van der Waals surface area (Å²) in [5, 5.41) is 11.3. The second-order valence-electron chi connectivity index (χ2n) is 5.74. The maximum Gasteiger partial charge on any atom is 0.228 e. The molecule has 0 unspecified atom stereocenters. The number of likely N-dealkylation sites (tertiary alicyclic amines) is 1. The van der Waals surface area contributed by atoms with Gasteiger partial charge in [-0.2, -0.15) is 10.2 Å². The lowest BCUT2D eigenvalue weighted by molar-refractivity contribution is -0.131. The van der Waals surface area contributed by atoms with Gasteiger partial charge in [0, 0.05) is 43.6 Å². The molecule has 0 saturated carbocycles. The van der Waals surface area contributed by atoms with Crippen molar-refractivity contribution in [3.8, 4) is 0 Å². The lowest BCUT2D eigenvalue weighted by Crippen LogP contribution is -2.39. The number of aromatic amines is 1. The average molecular weight is 287 g/mol. The number of nitrogens with one attached hydrogen (secondary N) is 1.